The zero-order chi connectivity index (χ0) is 13.2. The van der Waals surface area contributed by atoms with Crippen LogP contribution in [0.25, 0.3) is 11.0 Å². The van der Waals surface area contributed by atoms with Crippen LogP contribution in [-0.4, -0.2) is 15.6 Å². The Hall–Kier alpha value is -1.42. The number of halogens is 1. The quantitative estimate of drug-likeness (QED) is 0.915. The van der Waals surface area contributed by atoms with Crippen LogP contribution in [0.2, 0.25) is 0 Å². The van der Waals surface area contributed by atoms with Gasteiger partial charge in [0.25, 0.3) is 0 Å². The van der Waals surface area contributed by atoms with Crippen molar-refractivity contribution in [2.75, 3.05) is 0 Å². The van der Waals surface area contributed by atoms with E-state index in [0.717, 1.165) is 29.9 Å². The minimum absolute atomic E-state index is 0.197. The summed E-state index contributed by atoms with van der Waals surface area (Å²) in [6.07, 6.45) is 5.18. The predicted octanol–water partition coefficient (Wildman–Crippen LogP) is 3.23. The normalized spacial score (nSPS) is 16.5. The molecule has 0 unspecified atom stereocenters. The summed E-state index contributed by atoms with van der Waals surface area (Å²) in [4.78, 5) is 4.62. The predicted molar refractivity (Wildman–Crippen MR) is 74.5 cm³/mol. The van der Waals surface area contributed by atoms with Gasteiger partial charge in [-0.25, -0.2) is 9.37 Å². The number of aryl methyl sites for hydroxylation is 1. The summed E-state index contributed by atoms with van der Waals surface area (Å²) in [6, 6.07) is 5.44. The number of nitrogens with one attached hydrogen (secondary N) is 1. The van der Waals surface area contributed by atoms with Gasteiger partial charge in [-0.3, -0.25) is 0 Å². The molecule has 2 aromatic rings. The fourth-order valence-corrected chi connectivity index (χ4v) is 3.00. The van der Waals surface area contributed by atoms with Crippen molar-refractivity contribution in [1.82, 2.24) is 14.9 Å². The van der Waals surface area contributed by atoms with E-state index in [1.807, 2.05) is 0 Å². The highest BCUT2D eigenvalue weighted by Crippen LogP contribution is 2.20. The molecule has 1 N–H and O–H groups in total. The Kier molecular flexibility index (Phi) is 3.51. The molecule has 0 bridgehead atoms. The Morgan fingerprint density at radius 1 is 1.37 bits per heavy atom. The minimum Gasteiger partial charge on any atom is -0.327 e. The number of imidazole rings is 1. The van der Waals surface area contributed by atoms with E-state index in [4.69, 9.17) is 0 Å². The van der Waals surface area contributed by atoms with Crippen molar-refractivity contribution >= 4 is 11.0 Å². The van der Waals surface area contributed by atoms with Crippen molar-refractivity contribution in [2.24, 2.45) is 0 Å². The molecular weight excluding hydrogens is 241 g/mol. The summed E-state index contributed by atoms with van der Waals surface area (Å²) in [7, 11) is 0. The first-order chi connectivity index (χ1) is 9.28. The highest BCUT2D eigenvalue weighted by Gasteiger charge is 2.16. The summed E-state index contributed by atoms with van der Waals surface area (Å²) >= 11 is 0. The van der Waals surface area contributed by atoms with Gasteiger partial charge in [-0.1, -0.05) is 12.8 Å². The maximum absolute atomic E-state index is 13.3. The average molecular weight is 261 g/mol. The monoisotopic (exact) mass is 261 g/mol. The van der Waals surface area contributed by atoms with Gasteiger partial charge in [0, 0.05) is 12.6 Å². The molecule has 0 atom stereocenters. The van der Waals surface area contributed by atoms with Gasteiger partial charge >= 0.3 is 0 Å². The SMILES string of the molecule is CCn1c(CNC2CCCC2)nc2ccc(F)cc21. The third-order valence-electron chi connectivity index (χ3n) is 4.01. The van der Waals surface area contributed by atoms with E-state index in [0.29, 0.717) is 6.04 Å². The van der Waals surface area contributed by atoms with Crippen molar-refractivity contribution in [2.45, 2.75) is 51.7 Å². The Bertz CT molecular complexity index is 570. The summed E-state index contributed by atoms with van der Waals surface area (Å²) < 4.78 is 15.4. The van der Waals surface area contributed by atoms with Gasteiger partial charge in [-0.2, -0.15) is 0 Å². The van der Waals surface area contributed by atoms with Crippen LogP contribution >= 0.6 is 0 Å². The van der Waals surface area contributed by atoms with E-state index in [2.05, 4.69) is 21.8 Å². The van der Waals surface area contributed by atoms with Crippen LogP contribution in [0.5, 0.6) is 0 Å². The highest BCUT2D eigenvalue weighted by molar-refractivity contribution is 5.76. The van der Waals surface area contributed by atoms with Gasteiger partial charge in [-0.15, -0.1) is 0 Å². The first-order valence-corrected chi connectivity index (χ1v) is 7.16. The fraction of sp³-hybridized carbons (Fsp3) is 0.533. The second-order valence-electron chi connectivity index (χ2n) is 5.27. The van der Waals surface area contributed by atoms with Crippen LogP contribution < -0.4 is 5.32 Å². The topological polar surface area (TPSA) is 29.9 Å². The number of hydrogen-bond donors (Lipinski definition) is 1. The summed E-state index contributed by atoms with van der Waals surface area (Å²) in [5, 5.41) is 3.57. The Labute approximate surface area is 112 Å². The molecule has 1 saturated carbocycles. The molecule has 1 fully saturated rings. The lowest BCUT2D eigenvalue weighted by Crippen LogP contribution is -2.26. The molecule has 0 amide bonds. The molecule has 0 saturated heterocycles. The Morgan fingerprint density at radius 3 is 2.89 bits per heavy atom. The first kappa shape index (κ1) is 12.6. The van der Waals surface area contributed by atoms with Crippen LogP contribution in [0.3, 0.4) is 0 Å². The van der Waals surface area contributed by atoms with E-state index in [9.17, 15) is 4.39 Å². The number of hydrogen-bond acceptors (Lipinski definition) is 2. The zero-order valence-corrected chi connectivity index (χ0v) is 11.3. The Balaban J connectivity index is 1.85. The zero-order valence-electron chi connectivity index (χ0n) is 11.3. The van der Waals surface area contributed by atoms with Crippen molar-refractivity contribution in [3.63, 3.8) is 0 Å². The minimum atomic E-state index is -0.197. The maximum atomic E-state index is 13.3. The number of aromatic nitrogens is 2. The fourth-order valence-electron chi connectivity index (χ4n) is 3.00. The Morgan fingerprint density at radius 2 is 2.16 bits per heavy atom. The molecule has 1 aliphatic carbocycles. The van der Waals surface area contributed by atoms with E-state index in [1.54, 1.807) is 12.1 Å². The first-order valence-electron chi connectivity index (χ1n) is 7.16. The van der Waals surface area contributed by atoms with Gasteiger partial charge in [0.05, 0.1) is 17.6 Å². The molecule has 1 aliphatic rings. The highest BCUT2D eigenvalue weighted by atomic mass is 19.1. The summed E-state index contributed by atoms with van der Waals surface area (Å²) in [5.41, 5.74) is 1.78. The van der Waals surface area contributed by atoms with Gasteiger partial charge in [0.1, 0.15) is 11.6 Å². The van der Waals surface area contributed by atoms with Crippen molar-refractivity contribution in [1.29, 1.82) is 0 Å². The van der Waals surface area contributed by atoms with Crippen LogP contribution in [0.15, 0.2) is 18.2 Å². The molecule has 1 aromatic carbocycles. The van der Waals surface area contributed by atoms with E-state index in [-0.39, 0.29) is 5.82 Å². The molecule has 0 aliphatic heterocycles. The number of nitrogens with zero attached hydrogens (tertiary/aromatic N) is 2. The van der Waals surface area contributed by atoms with Crippen molar-refractivity contribution < 1.29 is 4.39 Å². The molecule has 3 rings (SSSR count). The van der Waals surface area contributed by atoms with Gasteiger partial charge in [-0.05, 0) is 38.0 Å². The maximum Gasteiger partial charge on any atom is 0.125 e. The van der Waals surface area contributed by atoms with Crippen LogP contribution in [-0.2, 0) is 13.1 Å². The average Bonchev–Trinajstić information content (AvgIpc) is 3.02. The summed E-state index contributed by atoms with van der Waals surface area (Å²) in [6.45, 7) is 3.67. The standard InChI is InChI=1S/C15H20FN3/c1-2-19-14-9-11(16)7-8-13(14)18-15(19)10-17-12-5-3-4-6-12/h7-9,12,17H,2-6,10H2,1H3. The molecular formula is C15H20FN3. The van der Waals surface area contributed by atoms with Gasteiger partial charge in [0.15, 0.2) is 0 Å². The second kappa shape index (κ2) is 5.29. The molecule has 1 heterocycles. The van der Waals surface area contributed by atoms with E-state index in [1.165, 1.54) is 31.7 Å². The number of rotatable bonds is 4. The number of fused-ring (bicyclic) bond motifs is 1. The lowest BCUT2D eigenvalue weighted by atomic mass is 10.2. The lowest BCUT2D eigenvalue weighted by molar-refractivity contribution is 0.503. The molecule has 0 radical (unpaired) electrons. The molecule has 1 aromatic heterocycles. The third kappa shape index (κ3) is 2.50. The lowest BCUT2D eigenvalue weighted by Gasteiger charge is -2.12. The van der Waals surface area contributed by atoms with Gasteiger partial charge in [0.2, 0.25) is 0 Å². The molecule has 0 spiro atoms. The van der Waals surface area contributed by atoms with E-state index >= 15 is 0 Å². The second-order valence-corrected chi connectivity index (χ2v) is 5.27. The number of benzene rings is 1. The van der Waals surface area contributed by atoms with Crippen LogP contribution in [0.4, 0.5) is 4.39 Å². The van der Waals surface area contributed by atoms with Crippen molar-refractivity contribution in [3.05, 3.63) is 29.8 Å². The van der Waals surface area contributed by atoms with Crippen molar-refractivity contribution in [3.8, 4) is 0 Å². The van der Waals surface area contributed by atoms with E-state index < -0.39 is 0 Å². The molecule has 4 heteroatoms. The van der Waals surface area contributed by atoms with Crippen LogP contribution in [0, 0.1) is 5.82 Å². The van der Waals surface area contributed by atoms with Crippen LogP contribution in [0.1, 0.15) is 38.4 Å². The molecule has 102 valence electrons. The largest absolute Gasteiger partial charge is 0.327 e. The van der Waals surface area contributed by atoms with Gasteiger partial charge < -0.3 is 9.88 Å². The smallest absolute Gasteiger partial charge is 0.125 e. The molecule has 3 nitrogen and oxygen atoms in total. The third-order valence-corrected chi connectivity index (χ3v) is 4.01. The summed E-state index contributed by atoms with van der Waals surface area (Å²) in [5.74, 6) is 0.812. The molecule has 19 heavy (non-hydrogen) atoms.